The second kappa shape index (κ2) is 4.15. The van der Waals surface area contributed by atoms with Crippen LogP contribution in [0, 0.1) is 0 Å². The van der Waals surface area contributed by atoms with Crippen molar-refractivity contribution in [3.05, 3.63) is 22.4 Å². The largest absolute Gasteiger partial charge is 0.468 e. The molecule has 0 aliphatic carbocycles. The van der Waals surface area contributed by atoms with Crippen LogP contribution >= 0.6 is 11.3 Å². The third-order valence-electron chi connectivity index (χ3n) is 1.50. The molecule has 0 spiro atoms. The summed E-state index contributed by atoms with van der Waals surface area (Å²) in [5.41, 5.74) is 5.35. The first-order chi connectivity index (χ1) is 6.16. The van der Waals surface area contributed by atoms with Crippen molar-refractivity contribution in [2.75, 3.05) is 7.11 Å². The molecule has 0 aromatic carbocycles. The van der Waals surface area contributed by atoms with Gasteiger partial charge in [-0.3, -0.25) is 4.79 Å². The fourth-order valence-corrected chi connectivity index (χ4v) is 1.51. The van der Waals surface area contributed by atoms with E-state index < -0.39 is 17.8 Å². The van der Waals surface area contributed by atoms with Gasteiger partial charge >= 0.3 is 5.97 Å². The predicted octanol–water partition coefficient (Wildman–Crippen LogP) is 0.431. The molecular formula is C8H9NO3S. The molecule has 0 saturated carbocycles. The Morgan fingerprint density at radius 1 is 1.62 bits per heavy atom. The van der Waals surface area contributed by atoms with E-state index in [4.69, 9.17) is 5.73 Å². The van der Waals surface area contributed by atoms with Crippen LogP contribution in [0.1, 0.15) is 9.67 Å². The number of rotatable bonds is 3. The summed E-state index contributed by atoms with van der Waals surface area (Å²) in [6.45, 7) is 0. The Morgan fingerprint density at radius 2 is 2.31 bits per heavy atom. The van der Waals surface area contributed by atoms with Gasteiger partial charge in [-0.15, -0.1) is 11.3 Å². The van der Waals surface area contributed by atoms with Gasteiger partial charge in [0.15, 0.2) is 6.04 Å². The molecule has 0 saturated heterocycles. The van der Waals surface area contributed by atoms with E-state index in [0.29, 0.717) is 4.88 Å². The van der Waals surface area contributed by atoms with E-state index in [2.05, 4.69) is 4.74 Å². The number of carbonyl (C=O) groups excluding carboxylic acids is 2. The quantitative estimate of drug-likeness (QED) is 0.435. The highest BCUT2D eigenvalue weighted by molar-refractivity contribution is 7.12. The number of carbonyl (C=O) groups is 2. The van der Waals surface area contributed by atoms with Crippen LogP contribution in [0.5, 0.6) is 0 Å². The number of esters is 1. The highest BCUT2D eigenvalue weighted by atomic mass is 32.1. The lowest BCUT2D eigenvalue weighted by molar-refractivity contribution is -0.140. The molecule has 2 N–H and O–H groups in total. The van der Waals surface area contributed by atoms with Crippen molar-refractivity contribution >= 4 is 23.1 Å². The zero-order valence-electron chi connectivity index (χ0n) is 7.02. The van der Waals surface area contributed by atoms with Crippen molar-refractivity contribution in [2.45, 2.75) is 6.04 Å². The minimum atomic E-state index is -1.20. The van der Waals surface area contributed by atoms with Gasteiger partial charge in [0.2, 0.25) is 5.78 Å². The fraction of sp³-hybridized carbons (Fsp3) is 0.250. The van der Waals surface area contributed by atoms with Crippen LogP contribution in [0.15, 0.2) is 17.5 Å². The number of methoxy groups -OCH3 is 1. The maximum atomic E-state index is 11.4. The Morgan fingerprint density at radius 3 is 2.77 bits per heavy atom. The Hall–Kier alpha value is -1.20. The van der Waals surface area contributed by atoms with E-state index in [0.717, 1.165) is 0 Å². The zero-order valence-corrected chi connectivity index (χ0v) is 7.84. The Balaban J connectivity index is 2.74. The van der Waals surface area contributed by atoms with Crippen molar-refractivity contribution in [1.29, 1.82) is 0 Å². The zero-order chi connectivity index (χ0) is 9.84. The molecule has 0 fully saturated rings. The number of ether oxygens (including phenoxy) is 1. The van der Waals surface area contributed by atoms with E-state index in [1.165, 1.54) is 18.4 Å². The molecule has 1 aromatic heterocycles. The predicted molar refractivity (Wildman–Crippen MR) is 48.6 cm³/mol. The molecule has 1 heterocycles. The fourth-order valence-electron chi connectivity index (χ4n) is 0.806. The average molecular weight is 199 g/mol. The van der Waals surface area contributed by atoms with E-state index in [1.54, 1.807) is 17.5 Å². The molecule has 0 radical (unpaired) electrons. The first kappa shape index (κ1) is 9.88. The number of ketones is 1. The number of Topliss-reactive ketones (excluding diaryl/α,β-unsaturated/α-hetero) is 1. The minimum absolute atomic E-state index is 0.401. The molecule has 0 aliphatic heterocycles. The van der Waals surface area contributed by atoms with Crippen LogP contribution in [-0.4, -0.2) is 24.9 Å². The molecule has 0 unspecified atom stereocenters. The molecule has 0 bridgehead atoms. The van der Waals surface area contributed by atoms with Crippen LogP contribution in [0.4, 0.5) is 0 Å². The average Bonchev–Trinajstić information content (AvgIpc) is 2.67. The molecule has 70 valence electrons. The number of hydrogen-bond acceptors (Lipinski definition) is 5. The first-order valence-electron chi connectivity index (χ1n) is 3.58. The van der Waals surface area contributed by atoms with Crippen molar-refractivity contribution in [3.8, 4) is 0 Å². The van der Waals surface area contributed by atoms with Gasteiger partial charge in [0.05, 0.1) is 12.0 Å². The van der Waals surface area contributed by atoms with Gasteiger partial charge in [0.1, 0.15) is 0 Å². The van der Waals surface area contributed by atoms with Crippen molar-refractivity contribution in [1.82, 2.24) is 0 Å². The lowest BCUT2D eigenvalue weighted by Crippen LogP contribution is -2.39. The topological polar surface area (TPSA) is 69.4 Å². The number of hydrogen-bond donors (Lipinski definition) is 1. The molecule has 4 nitrogen and oxygen atoms in total. The maximum Gasteiger partial charge on any atom is 0.330 e. The van der Waals surface area contributed by atoms with Crippen LogP contribution in [-0.2, 0) is 9.53 Å². The summed E-state index contributed by atoms with van der Waals surface area (Å²) in [5, 5.41) is 1.75. The van der Waals surface area contributed by atoms with Crippen molar-refractivity contribution < 1.29 is 14.3 Å². The summed E-state index contributed by atoms with van der Waals surface area (Å²) >= 11 is 1.25. The summed E-state index contributed by atoms with van der Waals surface area (Å²) in [6.07, 6.45) is 0. The van der Waals surface area contributed by atoms with Crippen LogP contribution in [0.2, 0.25) is 0 Å². The van der Waals surface area contributed by atoms with Crippen LogP contribution in [0.3, 0.4) is 0 Å². The Labute approximate surface area is 79.3 Å². The molecule has 1 rings (SSSR count). The van der Waals surface area contributed by atoms with Gasteiger partial charge in [0.25, 0.3) is 0 Å². The van der Waals surface area contributed by atoms with Gasteiger partial charge in [-0.2, -0.15) is 0 Å². The van der Waals surface area contributed by atoms with Gasteiger partial charge in [-0.25, -0.2) is 4.79 Å². The monoisotopic (exact) mass is 199 g/mol. The second-order valence-corrected chi connectivity index (χ2v) is 3.29. The van der Waals surface area contributed by atoms with E-state index in [-0.39, 0.29) is 0 Å². The van der Waals surface area contributed by atoms with Gasteiger partial charge in [0, 0.05) is 0 Å². The summed E-state index contributed by atoms with van der Waals surface area (Å²) in [7, 11) is 1.20. The first-order valence-corrected chi connectivity index (χ1v) is 4.46. The highest BCUT2D eigenvalue weighted by Crippen LogP contribution is 2.10. The lowest BCUT2D eigenvalue weighted by atomic mass is 10.2. The van der Waals surface area contributed by atoms with E-state index >= 15 is 0 Å². The van der Waals surface area contributed by atoms with Gasteiger partial charge in [-0.1, -0.05) is 6.07 Å². The summed E-state index contributed by atoms with van der Waals surface area (Å²) in [5.74, 6) is -1.11. The van der Waals surface area contributed by atoms with Crippen molar-refractivity contribution in [3.63, 3.8) is 0 Å². The minimum Gasteiger partial charge on any atom is -0.468 e. The molecule has 0 amide bonds. The van der Waals surface area contributed by atoms with Crippen LogP contribution < -0.4 is 5.73 Å². The third-order valence-corrected chi connectivity index (χ3v) is 2.39. The van der Waals surface area contributed by atoms with E-state index in [9.17, 15) is 9.59 Å². The molecule has 1 atom stereocenters. The van der Waals surface area contributed by atoms with Gasteiger partial charge in [-0.05, 0) is 11.4 Å². The summed E-state index contributed by atoms with van der Waals surface area (Å²) < 4.78 is 4.35. The normalized spacial score (nSPS) is 12.2. The van der Waals surface area contributed by atoms with Crippen LogP contribution in [0.25, 0.3) is 0 Å². The summed E-state index contributed by atoms with van der Waals surface area (Å²) in [6, 6.07) is 2.14. The number of thiophene rings is 1. The lowest BCUT2D eigenvalue weighted by Gasteiger charge is -2.05. The Bertz CT molecular complexity index is 307. The molecule has 5 heteroatoms. The van der Waals surface area contributed by atoms with E-state index in [1.807, 2.05) is 0 Å². The van der Waals surface area contributed by atoms with Gasteiger partial charge < -0.3 is 10.5 Å². The van der Waals surface area contributed by atoms with Crippen molar-refractivity contribution in [2.24, 2.45) is 5.73 Å². The third kappa shape index (κ3) is 2.13. The maximum absolute atomic E-state index is 11.4. The summed E-state index contributed by atoms with van der Waals surface area (Å²) in [4.78, 5) is 22.7. The highest BCUT2D eigenvalue weighted by Gasteiger charge is 2.24. The Kier molecular flexibility index (Phi) is 3.16. The molecule has 0 aliphatic rings. The number of nitrogens with two attached hydrogens (primary N) is 1. The SMILES string of the molecule is COC(=O)[C@H](N)C(=O)c1cccs1. The molecule has 1 aromatic rings. The smallest absolute Gasteiger partial charge is 0.330 e. The second-order valence-electron chi connectivity index (χ2n) is 2.34. The molecular weight excluding hydrogens is 190 g/mol. The standard InChI is InChI=1S/C8H9NO3S/c1-12-8(11)6(9)7(10)5-3-2-4-13-5/h2-4,6H,9H2,1H3/t6-/m1/s1. The molecule has 13 heavy (non-hydrogen) atoms.